The number of rotatable bonds is 9. The molecule has 0 bridgehead atoms. The highest BCUT2D eigenvalue weighted by Gasteiger charge is 2.56. The molecule has 37 heavy (non-hydrogen) atoms. The molecule has 200 valence electrons. The Labute approximate surface area is 219 Å². The quantitative estimate of drug-likeness (QED) is 0.151. The number of hydrogen-bond acceptors (Lipinski definition) is 9. The van der Waals surface area contributed by atoms with Gasteiger partial charge in [-0.3, -0.25) is 9.29 Å². The van der Waals surface area contributed by atoms with Gasteiger partial charge < -0.3 is 0 Å². The predicted octanol–water partition coefficient (Wildman–Crippen LogP) is 5.61. The minimum atomic E-state index is -5.60. The lowest BCUT2D eigenvalue weighted by Crippen LogP contribution is -2.36. The summed E-state index contributed by atoms with van der Waals surface area (Å²) in [6, 6.07) is 4.45. The van der Waals surface area contributed by atoms with E-state index in [1.165, 1.54) is 28.0 Å². The monoisotopic (exact) mass is 599 g/mol. The smallest absolute Gasteiger partial charge is 0.261 e. The van der Waals surface area contributed by atoms with Crippen LogP contribution in [0.5, 0.6) is 0 Å². The highest BCUT2D eigenvalue weighted by Crippen LogP contribution is 2.41. The van der Waals surface area contributed by atoms with E-state index in [1.807, 2.05) is 0 Å². The second kappa shape index (κ2) is 10.1. The maximum Gasteiger partial charge on any atom is 0.453 e. The van der Waals surface area contributed by atoms with Gasteiger partial charge in [-0.15, -0.1) is 23.1 Å². The number of aryl methyl sites for hydroxylation is 1. The molecule has 1 aromatic carbocycles. The van der Waals surface area contributed by atoms with Crippen molar-refractivity contribution in [1.29, 1.82) is 0 Å². The van der Waals surface area contributed by atoms with Crippen molar-refractivity contribution >= 4 is 61.7 Å². The fourth-order valence-corrected chi connectivity index (χ4v) is 7.72. The predicted molar refractivity (Wildman–Crippen MR) is 132 cm³/mol. The summed E-state index contributed by atoms with van der Waals surface area (Å²) < 4.78 is 102. The first-order valence-electron chi connectivity index (χ1n) is 10.6. The molecular weight excluding hydrogens is 582 g/mol. The maximum atomic E-state index is 13.2. The maximum absolute atomic E-state index is 13.2. The Balaban J connectivity index is 1.61. The fraction of sp³-hybridized carbons (Fsp3) is 0.400. The molecule has 2 aliphatic rings. The van der Waals surface area contributed by atoms with Crippen molar-refractivity contribution in [2.24, 2.45) is 0 Å². The normalized spacial score (nSPS) is 13.1. The van der Waals surface area contributed by atoms with Gasteiger partial charge in [-0.25, -0.2) is 13.2 Å². The second-order valence-electron chi connectivity index (χ2n) is 7.96. The number of hydrogen-bond donors (Lipinski definition) is 1. The summed E-state index contributed by atoms with van der Waals surface area (Å²) in [5.74, 6) is -4.83. The summed E-state index contributed by atoms with van der Waals surface area (Å²) in [6.07, 6.45) is -7.26. The molecular formula is C20H18F5N5O3S4. The molecule has 0 saturated carbocycles. The number of fused-ring (bicyclic) bond motifs is 2. The van der Waals surface area contributed by atoms with Gasteiger partial charge in [-0.2, -0.15) is 35.7 Å². The van der Waals surface area contributed by atoms with Crippen LogP contribution >= 0.6 is 34.8 Å². The van der Waals surface area contributed by atoms with Crippen molar-refractivity contribution in [2.75, 3.05) is 10.5 Å². The zero-order valence-electron chi connectivity index (χ0n) is 19.1. The van der Waals surface area contributed by atoms with Crippen molar-refractivity contribution in [1.82, 2.24) is 18.3 Å². The van der Waals surface area contributed by atoms with Gasteiger partial charge in [0.15, 0.2) is 5.82 Å². The van der Waals surface area contributed by atoms with Crippen molar-refractivity contribution in [3.8, 4) is 5.69 Å². The fourth-order valence-electron chi connectivity index (χ4n) is 3.42. The van der Waals surface area contributed by atoms with E-state index in [9.17, 15) is 35.2 Å². The summed E-state index contributed by atoms with van der Waals surface area (Å²) in [5, 5.41) is 0. The minimum absolute atomic E-state index is 0.0421. The van der Waals surface area contributed by atoms with Crippen LogP contribution in [0.3, 0.4) is 0 Å². The number of sulfonamides is 1. The molecule has 2 aromatic rings. The number of nitrogens with zero attached hydrogens (tertiary/aromatic N) is 4. The van der Waals surface area contributed by atoms with E-state index in [4.69, 9.17) is 0 Å². The van der Waals surface area contributed by atoms with E-state index >= 15 is 0 Å². The second-order valence-corrected chi connectivity index (χ2v) is 12.7. The van der Waals surface area contributed by atoms with Crippen LogP contribution in [-0.2, 0) is 10.0 Å². The van der Waals surface area contributed by atoms with Gasteiger partial charge in [-0.05, 0) is 44.6 Å². The average molecular weight is 600 g/mol. The van der Waals surface area contributed by atoms with Gasteiger partial charge in [0.1, 0.15) is 21.6 Å². The first-order valence-corrected chi connectivity index (χ1v) is 14.6. The van der Waals surface area contributed by atoms with Crippen LogP contribution in [-0.4, -0.2) is 44.6 Å². The van der Waals surface area contributed by atoms with Gasteiger partial charge in [0.05, 0.1) is 15.9 Å². The summed E-state index contributed by atoms with van der Waals surface area (Å²) in [5.41, 5.74) is 0.527. The van der Waals surface area contributed by atoms with Crippen molar-refractivity contribution in [3.05, 3.63) is 39.3 Å². The van der Waals surface area contributed by atoms with Crippen LogP contribution < -0.4 is 10.4 Å². The molecule has 0 spiro atoms. The summed E-state index contributed by atoms with van der Waals surface area (Å²) in [7, 11) is -4.24. The number of benzene rings is 1. The molecule has 0 fully saturated rings. The molecule has 8 nitrogen and oxygen atoms in total. The number of alkyl halides is 5. The molecule has 1 N–H and O–H groups in total. The molecule has 0 saturated heterocycles. The van der Waals surface area contributed by atoms with E-state index in [0.29, 0.717) is 15.4 Å². The lowest BCUT2D eigenvalue weighted by molar-refractivity contribution is -0.284. The highest BCUT2D eigenvalue weighted by atomic mass is 32.2. The van der Waals surface area contributed by atoms with E-state index < -0.39 is 34.2 Å². The van der Waals surface area contributed by atoms with E-state index in [2.05, 4.69) is 18.5 Å². The molecule has 4 rings (SSSR count). The van der Waals surface area contributed by atoms with Gasteiger partial charge >= 0.3 is 17.8 Å². The van der Waals surface area contributed by atoms with Crippen molar-refractivity contribution < 1.29 is 30.4 Å². The van der Waals surface area contributed by atoms with Crippen molar-refractivity contribution in [3.63, 3.8) is 0 Å². The minimum Gasteiger partial charge on any atom is -0.261 e. The Hall–Kier alpha value is -2.37. The Morgan fingerprint density at radius 3 is 2.54 bits per heavy atom. The van der Waals surface area contributed by atoms with Crippen LogP contribution in [0.25, 0.3) is 16.7 Å². The molecule has 0 amide bonds. The number of aromatic nitrogens is 4. The Bertz CT molecular complexity index is 1580. The molecule has 1 aromatic heterocycles. The van der Waals surface area contributed by atoms with Crippen LogP contribution in [0.1, 0.15) is 29.8 Å². The summed E-state index contributed by atoms with van der Waals surface area (Å²) in [4.78, 5) is 17.2. The topological polar surface area (TPSA) is 107 Å². The lowest BCUT2D eigenvalue weighted by Gasteiger charge is -2.19. The van der Waals surface area contributed by atoms with Gasteiger partial charge in [-0.1, -0.05) is 6.07 Å². The van der Waals surface area contributed by atoms with E-state index in [1.54, 1.807) is 19.9 Å². The standard InChI is InChI=1S/C20H18F5N5O3S4/c1-10-11(2)35-17(34-9-4-3-8-19(21,22)20(23,24)25)15-16(26-18(31)30(10)15)29-37(32,33)13-7-5-6-12-14(13)28-36-27-12/h5-7H,3-4,8-9H2,1-2H3,(H,26,29,31). The molecule has 3 heterocycles. The summed E-state index contributed by atoms with van der Waals surface area (Å²) in [6.45, 7) is 3.40. The number of imidazole rings is 1. The largest absolute Gasteiger partial charge is 0.453 e. The van der Waals surface area contributed by atoms with Crippen molar-refractivity contribution in [2.45, 2.75) is 54.3 Å². The number of anilines is 1. The van der Waals surface area contributed by atoms with Gasteiger partial charge in [0, 0.05) is 17.0 Å². The molecule has 0 atom stereocenters. The zero-order valence-corrected chi connectivity index (χ0v) is 22.4. The summed E-state index contributed by atoms with van der Waals surface area (Å²) >= 11 is 3.20. The Morgan fingerprint density at radius 2 is 1.84 bits per heavy atom. The van der Waals surface area contributed by atoms with Gasteiger partial charge in [0.2, 0.25) is 0 Å². The first kappa shape index (κ1) is 27.7. The molecule has 0 unspecified atom stereocenters. The van der Waals surface area contributed by atoms with Crippen LogP contribution in [0.4, 0.5) is 27.8 Å². The third-order valence-corrected chi connectivity index (χ3v) is 9.88. The lowest BCUT2D eigenvalue weighted by atomic mass is 10.1. The van der Waals surface area contributed by atoms with Gasteiger partial charge in [0.25, 0.3) is 10.0 Å². The number of thioether (sulfide) groups is 1. The SMILES string of the molecule is Cc1sc(SCCCCC(F)(F)C(F)(F)F)c2c(NS(=O)(=O)c3cccc4nsnc34)nc(=O)n-2c1C. The molecule has 2 aliphatic heterocycles. The zero-order chi connectivity index (χ0) is 27.2. The van der Waals surface area contributed by atoms with Crippen LogP contribution in [0.15, 0.2) is 32.1 Å². The third-order valence-electron chi connectivity index (χ3n) is 5.43. The van der Waals surface area contributed by atoms with Crippen LogP contribution in [0, 0.1) is 13.8 Å². The van der Waals surface area contributed by atoms with E-state index in [-0.39, 0.29) is 40.5 Å². The number of nitrogens with one attached hydrogen (secondary N) is 1. The first-order chi connectivity index (χ1) is 17.2. The molecule has 0 radical (unpaired) electrons. The number of halogens is 5. The van der Waals surface area contributed by atoms with E-state index in [0.717, 1.165) is 28.4 Å². The molecule has 0 aliphatic carbocycles. The third kappa shape index (κ3) is 5.44. The molecule has 17 heteroatoms. The average Bonchev–Trinajstić information content (AvgIpc) is 3.39. The number of unbranched alkanes of at least 4 members (excludes halogenated alkanes) is 1. The van der Waals surface area contributed by atoms with Crippen LogP contribution in [0.2, 0.25) is 0 Å². The Morgan fingerprint density at radius 1 is 1.11 bits per heavy atom. The highest BCUT2D eigenvalue weighted by molar-refractivity contribution is 8.01. The Kier molecular flexibility index (Phi) is 7.53.